The van der Waals surface area contributed by atoms with E-state index in [4.69, 9.17) is 0 Å². The van der Waals surface area contributed by atoms with Gasteiger partial charge in [0.25, 0.3) is 0 Å². The van der Waals surface area contributed by atoms with Crippen molar-refractivity contribution in [1.82, 2.24) is 5.32 Å². The highest BCUT2D eigenvalue weighted by Crippen LogP contribution is 2.35. The minimum atomic E-state index is -0.336. The van der Waals surface area contributed by atoms with Crippen molar-refractivity contribution < 1.29 is 0 Å². The van der Waals surface area contributed by atoms with Crippen molar-refractivity contribution in [1.29, 1.82) is 0 Å². The quantitative estimate of drug-likeness (QED) is 0.489. The molecule has 0 unspecified atom stereocenters. The normalized spacial score (nSPS) is 11.0. The van der Waals surface area contributed by atoms with Gasteiger partial charge in [-0.2, -0.15) is 0 Å². The summed E-state index contributed by atoms with van der Waals surface area (Å²) in [6, 6.07) is 28.3. The van der Waals surface area contributed by atoms with E-state index in [1.165, 1.54) is 27.3 Å². The van der Waals surface area contributed by atoms with Gasteiger partial charge < -0.3 is 5.32 Å². The van der Waals surface area contributed by atoms with E-state index < -0.39 is 0 Å². The van der Waals surface area contributed by atoms with E-state index in [0.717, 1.165) is 19.3 Å². The number of nitrogens with one attached hydrogen (secondary N) is 1. The molecular weight excluding hydrogens is 321 g/mol. The minimum Gasteiger partial charge on any atom is -0.312 e. The van der Waals surface area contributed by atoms with Crippen LogP contribution < -0.4 is 15.9 Å². The molecule has 0 bridgehead atoms. The van der Waals surface area contributed by atoms with Crippen LogP contribution in [-0.2, 0) is 6.54 Å². The molecule has 0 heterocycles. The van der Waals surface area contributed by atoms with Crippen LogP contribution in [0.2, 0.25) is 0 Å². The molecule has 0 aliphatic rings. The smallest absolute Gasteiger partial charge is 0.0205 e. The highest BCUT2D eigenvalue weighted by Gasteiger charge is 2.16. The zero-order valence-electron chi connectivity index (χ0n) is 15.1. The lowest BCUT2D eigenvalue weighted by molar-refractivity contribution is 0.731. The van der Waals surface area contributed by atoms with Gasteiger partial charge in [-0.05, 0) is 61.8 Å². The molecule has 1 nitrogen and oxygen atoms in total. The maximum absolute atomic E-state index is 3.63. The summed E-state index contributed by atoms with van der Waals surface area (Å²) in [5, 5.41) is 6.64. The topological polar surface area (TPSA) is 12.0 Å². The summed E-state index contributed by atoms with van der Waals surface area (Å²) in [6.07, 6.45) is 1.16. The van der Waals surface area contributed by atoms with Gasteiger partial charge in [0.05, 0.1) is 0 Å². The lowest BCUT2D eigenvalue weighted by Crippen LogP contribution is -2.24. The minimum absolute atomic E-state index is 0.336. The Morgan fingerprint density at radius 2 is 1.20 bits per heavy atom. The van der Waals surface area contributed by atoms with Crippen LogP contribution in [0.25, 0.3) is 0 Å². The van der Waals surface area contributed by atoms with Crippen LogP contribution in [-0.4, -0.2) is 12.7 Å². The standard InChI is InChI=1S/C23H26NP/c1-19-10-6-8-14-22(19)25(23-15-9-7-11-20(23)2)17-16-24-18-21-12-4-3-5-13-21/h3-15,24H,16-18H2,1-2H3. The number of hydrogen-bond donors (Lipinski definition) is 1. The lowest BCUT2D eigenvalue weighted by atomic mass is 10.2. The van der Waals surface area contributed by atoms with Crippen LogP contribution in [0.3, 0.4) is 0 Å². The maximum Gasteiger partial charge on any atom is 0.0205 e. The molecule has 0 saturated carbocycles. The van der Waals surface area contributed by atoms with Crippen LogP contribution in [0.4, 0.5) is 0 Å². The molecule has 0 spiro atoms. The van der Waals surface area contributed by atoms with E-state index in [2.05, 4.69) is 98.0 Å². The third-order valence-corrected chi connectivity index (χ3v) is 7.33. The number of hydrogen-bond acceptors (Lipinski definition) is 1. The van der Waals surface area contributed by atoms with Gasteiger partial charge in [0.1, 0.15) is 0 Å². The molecule has 3 aromatic rings. The molecule has 25 heavy (non-hydrogen) atoms. The molecule has 3 aromatic carbocycles. The maximum atomic E-state index is 3.63. The third kappa shape index (κ3) is 4.78. The molecule has 0 saturated heterocycles. The van der Waals surface area contributed by atoms with Gasteiger partial charge in [0, 0.05) is 6.54 Å². The van der Waals surface area contributed by atoms with E-state index in [0.29, 0.717) is 0 Å². The Morgan fingerprint density at radius 3 is 1.76 bits per heavy atom. The van der Waals surface area contributed by atoms with E-state index in [9.17, 15) is 0 Å². The highest BCUT2D eigenvalue weighted by atomic mass is 31.1. The Bertz CT molecular complexity index is 752. The molecule has 0 aromatic heterocycles. The first-order chi connectivity index (χ1) is 12.3. The van der Waals surface area contributed by atoms with Gasteiger partial charge in [-0.15, -0.1) is 0 Å². The largest absolute Gasteiger partial charge is 0.312 e. The average molecular weight is 347 g/mol. The fourth-order valence-corrected chi connectivity index (χ4v) is 5.78. The second-order valence-electron chi connectivity index (χ2n) is 6.39. The van der Waals surface area contributed by atoms with Gasteiger partial charge in [-0.25, -0.2) is 0 Å². The summed E-state index contributed by atoms with van der Waals surface area (Å²) < 4.78 is 0. The van der Waals surface area contributed by atoms with E-state index in [-0.39, 0.29) is 7.92 Å². The molecule has 0 aliphatic heterocycles. The van der Waals surface area contributed by atoms with Crippen LogP contribution in [0.15, 0.2) is 78.9 Å². The van der Waals surface area contributed by atoms with Gasteiger partial charge in [-0.3, -0.25) is 0 Å². The number of rotatable bonds is 7. The first-order valence-electron chi connectivity index (χ1n) is 8.89. The van der Waals surface area contributed by atoms with Crippen LogP contribution in [0, 0.1) is 13.8 Å². The van der Waals surface area contributed by atoms with Gasteiger partial charge in [-0.1, -0.05) is 78.9 Å². The molecule has 128 valence electrons. The predicted molar refractivity (Wildman–Crippen MR) is 112 cm³/mol. The van der Waals surface area contributed by atoms with Crippen molar-refractivity contribution in [2.45, 2.75) is 20.4 Å². The second-order valence-corrected chi connectivity index (χ2v) is 8.65. The van der Waals surface area contributed by atoms with Gasteiger partial charge in [0.15, 0.2) is 0 Å². The summed E-state index contributed by atoms with van der Waals surface area (Å²) in [6.45, 7) is 6.44. The zero-order chi connectivity index (χ0) is 17.5. The lowest BCUT2D eigenvalue weighted by Gasteiger charge is -2.22. The fraction of sp³-hybridized carbons (Fsp3) is 0.217. The SMILES string of the molecule is Cc1ccccc1P(CCNCc1ccccc1)c1ccccc1C. The van der Waals surface area contributed by atoms with Crippen LogP contribution >= 0.6 is 7.92 Å². The van der Waals surface area contributed by atoms with Crippen LogP contribution in [0.5, 0.6) is 0 Å². The summed E-state index contributed by atoms with van der Waals surface area (Å²) in [5.41, 5.74) is 4.15. The fourth-order valence-electron chi connectivity index (χ4n) is 3.12. The van der Waals surface area contributed by atoms with Crippen molar-refractivity contribution in [3.05, 3.63) is 95.6 Å². The Hall–Kier alpha value is -1.95. The molecule has 1 N–H and O–H groups in total. The Balaban J connectivity index is 1.73. The predicted octanol–water partition coefficient (Wildman–Crippen LogP) is 4.53. The van der Waals surface area contributed by atoms with Gasteiger partial charge >= 0.3 is 0 Å². The Morgan fingerprint density at radius 1 is 0.680 bits per heavy atom. The molecule has 2 heteroatoms. The molecular formula is C23H26NP. The molecule has 0 radical (unpaired) electrons. The molecule has 0 atom stereocenters. The molecule has 0 aliphatic carbocycles. The third-order valence-electron chi connectivity index (χ3n) is 4.50. The van der Waals surface area contributed by atoms with Crippen molar-refractivity contribution in [2.75, 3.05) is 12.7 Å². The van der Waals surface area contributed by atoms with Crippen molar-refractivity contribution in [3.8, 4) is 0 Å². The van der Waals surface area contributed by atoms with Crippen LogP contribution in [0.1, 0.15) is 16.7 Å². The molecule has 0 fully saturated rings. The van der Waals surface area contributed by atoms with Crippen molar-refractivity contribution >= 4 is 18.5 Å². The van der Waals surface area contributed by atoms with E-state index in [1.54, 1.807) is 0 Å². The Labute approximate surface area is 152 Å². The van der Waals surface area contributed by atoms with E-state index >= 15 is 0 Å². The number of benzene rings is 3. The Kier molecular flexibility index (Phi) is 6.39. The summed E-state index contributed by atoms with van der Waals surface area (Å²) in [4.78, 5) is 0. The first-order valence-corrected chi connectivity index (χ1v) is 10.4. The molecule has 0 amide bonds. The summed E-state index contributed by atoms with van der Waals surface area (Å²) in [7, 11) is -0.336. The van der Waals surface area contributed by atoms with Gasteiger partial charge in [0.2, 0.25) is 0 Å². The first kappa shape index (κ1) is 17.9. The highest BCUT2D eigenvalue weighted by molar-refractivity contribution is 7.73. The zero-order valence-corrected chi connectivity index (χ0v) is 16.0. The van der Waals surface area contributed by atoms with Crippen molar-refractivity contribution in [2.24, 2.45) is 0 Å². The van der Waals surface area contributed by atoms with E-state index in [1.807, 2.05) is 0 Å². The summed E-state index contributed by atoms with van der Waals surface area (Å²) in [5.74, 6) is 0. The second kappa shape index (κ2) is 8.94. The number of aryl methyl sites for hydroxylation is 2. The molecule has 3 rings (SSSR count). The monoisotopic (exact) mass is 347 g/mol. The van der Waals surface area contributed by atoms with Crippen molar-refractivity contribution in [3.63, 3.8) is 0 Å². The summed E-state index contributed by atoms with van der Waals surface area (Å²) >= 11 is 0. The average Bonchev–Trinajstić information content (AvgIpc) is 2.64.